The Morgan fingerprint density at radius 3 is 2.38 bits per heavy atom. The first-order valence-corrected chi connectivity index (χ1v) is 9.50. The van der Waals surface area contributed by atoms with E-state index in [1.54, 1.807) is 0 Å². The van der Waals surface area contributed by atoms with Crippen molar-refractivity contribution in [2.24, 2.45) is 0 Å². The van der Waals surface area contributed by atoms with Gasteiger partial charge in [0.25, 0.3) is 0 Å². The van der Waals surface area contributed by atoms with Crippen LogP contribution in [0.15, 0.2) is 76.3 Å². The first kappa shape index (κ1) is 19.1. The highest BCUT2D eigenvalue weighted by molar-refractivity contribution is 7.98. The van der Waals surface area contributed by atoms with Gasteiger partial charge in [0.15, 0.2) is 0 Å². The second-order valence-corrected chi connectivity index (χ2v) is 7.00. The van der Waals surface area contributed by atoms with Gasteiger partial charge in [-0.2, -0.15) is 18.2 Å². The van der Waals surface area contributed by atoms with E-state index >= 15 is 0 Å². The summed E-state index contributed by atoms with van der Waals surface area (Å²) in [6, 6.07) is 18.2. The minimum atomic E-state index is -4.43. The van der Waals surface area contributed by atoms with Gasteiger partial charge in [0.1, 0.15) is 5.03 Å². The minimum Gasteiger partial charge on any atom is -0.338 e. The van der Waals surface area contributed by atoms with Gasteiger partial charge in [-0.3, -0.25) is 0 Å². The third-order valence-electron chi connectivity index (χ3n) is 3.97. The summed E-state index contributed by atoms with van der Waals surface area (Å²) in [7, 11) is 0. The highest BCUT2D eigenvalue weighted by atomic mass is 32.2. The monoisotopic (exact) mass is 414 g/mol. The van der Waals surface area contributed by atoms with Crippen LogP contribution in [0.4, 0.5) is 13.2 Å². The van der Waals surface area contributed by atoms with Gasteiger partial charge in [0.05, 0.1) is 17.0 Å². The summed E-state index contributed by atoms with van der Waals surface area (Å²) in [5.41, 5.74) is 1.22. The number of rotatable bonds is 5. The number of hydrogen-bond donors (Lipinski definition) is 0. The highest BCUT2D eigenvalue weighted by Gasteiger charge is 2.30. The van der Waals surface area contributed by atoms with E-state index in [9.17, 15) is 13.2 Å². The molecular weight excluding hydrogens is 401 g/mol. The maximum Gasteiger partial charge on any atom is 0.416 e. The molecule has 0 unspecified atom stereocenters. The molecule has 2 aromatic heterocycles. The molecule has 2 aromatic carbocycles. The summed E-state index contributed by atoms with van der Waals surface area (Å²) in [5, 5.41) is 12.8. The average Bonchev–Trinajstić information content (AvgIpc) is 3.22. The number of benzene rings is 2. The Balaban J connectivity index is 1.42. The van der Waals surface area contributed by atoms with Crippen LogP contribution < -0.4 is 0 Å². The maximum atomic E-state index is 12.9. The zero-order chi connectivity index (χ0) is 20.3. The summed E-state index contributed by atoms with van der Waals surface area (Å²) >= 11 is 1.34. The molecule has 0 amide bonds. The number of aromatic nitrogens is 4. The van der Waals surface area contributed by atoms with E-state index < -0.39 is 11.7 Å². The first-order valence-electron chi connectivity index (χ1n) is 8.51. The molecule has 0 saturated heterocycles. The predicted octanol–water partition coefficient (Wildman–Crippen LogP) is 5.50. The molecule has 0 aliphatic heterocycles. The maximum absolute atomic E-state index is 12.9. The molecule has 9 heteroatoms. The van der Waals surface area contributed by atoms with Crippen molar-refractivity contribution in [3.8, 4) is 22.6 Å². The van der Waals surface area contributed by atoms with Crippen molar-refractivity contribution in [2.75, 3.05) is 0 Å². The van der Waals surface area contributed by atoms with Crippen LogP contribution in [0.25, 0.3) is 22.6 Å². The lowest BCUT2D eigenvalue weighted by Gasteiger charge is -2.06. The minimum absolute atomic E-state index is 0.109. The van der Waals surface area contributed by atoms with Crippen molar-refractivity contribution >= 4 is 11.8 Å². The van der Waals surface area contributed by atoms with Crippen molar-refractivity contribution in [3.05, 3.63) is 78.2 Å². The van der Waals surface area contributed by atoms with Gasteiger partial charge in [0.2, 0.25) is 11.7 Å². The van der Waals surface area contributed by atoms with E-state index in [1.807, 2.05) is 42.5 Å². The number of alkyl halides is 3. The highest BCUT2D eigenvalue weighted by Crippen LogP contribution is 2.31. The third-order valence-corrected chi connectivity index (χ3v) is 4.87. The van der Waals surface area contributed by atoms with Crippen molar-refractivity contribution in [2.45, 2.75) is 17.0 Å². The smallest absolute Gasteiger partial charge is 0.338 e. The van der Waals surface area contributed by atoms with E-state index in [0.29, 0.717) is 10.8 Å². The van der Waals surface area contributed by atoms with Crippen LogP contribution in [0.3, 0.4) is 0 Å². The van der Waals surface area contributed by atoms with Gasteiger partial charge in [-0.1, -0.05) is 59.4 Å². The molecule has 0 radical (unpaired) electrons. The zero-order valence-corrected chi connectivity index (χ0v) is 15.6. The van der Waals surface area contributed by atoms with Crippen LogP contribution in [0.2, 0.25) is 0 Å². The number of nitrogens with zero attached hydrogens (tertiary/aromatic N) is 4. The Morgan fingerprint density at radius 1 is 0.862 bits per heavy atom. The second kappa shape index (κ2) is 8.04. The summed E-state index contributed by atoms with van der Waals surface area (Å²) in [4.78, 5) is 4.17. The molecule has 0 N–H and O–H groups in total. The Bertz CT molecular complexity index is 1100. The van der Waals surface area contributed by atoms with Crippen LogP contribution >= 0.6 is 11.8 Å². The quantitative estimate of drug-likeness (QED) is 0.402. The Labute approximate surface area is 168 Å². The third kappa shape index (κ3) is 4.62. The molecule has 0 saturated carbocycles. The Morgan fingerprint density at radius 2 is 1.66 bits per heavy atom. The largest absolute Gasteiger partial charge is 0.416 e. The normalized spacial score (nSPS) is 11.6. The standard InChI is InChI=1S/C20H13F3N4OS/c21-20(22,23)15-8-4-7-14(11-15)19-24-17(28-27-19)12-29-18-10-9-16(25-26-18)13-5-2-1-3-6-13/h1-11H,12H2. The molecule has 0 aliphatic carbocycles. The number of hydrogen-bond acceptors (Lipinski definition) is 6. The Kier molecular flexibility index (Phi) is 5.30. The molecule has 0 aliphatic rings. The number of thioether (sulfide) groups is 1. The average molecular weight is 414 g/mol. The van der Waals surface area contributed by atoms with Gasteiger partial charge in [-0.15, -0.1) is 10.2 Å². The molecule has 146 valence electrons. The first-order chi connectivity index (χ1) is 14.0. The van der Waals surface area contributed by atoms with E-state index in [0.717, 1.165) is 23.4 Å². The van der Waals surface area contributed by atoms with Gasteiger partial charge >= 0.3 is 6.18 Å². The molecule has 0 fully saturated rings. The van der Waals surface area contributed by atoms with Crippen molar-refractivity contribution in [3.63, 3.8) is 0 Å². The molecule has 4 aromatic rings. The number of halogens is 3. The van der Waals surface area contributed by atoms with Gasteiger partial charge in [0, 0.05) is 11.1 Å². The van der Waals surface area contributed by atoms with Crippen LogP contribution in [0.1, 0.15) is 11.5 Å². The fourth-order valence-electron chi connectivity index (χ4n) is 2.56. The van der Waals surface area contributed by atoms with E-state index in [1.165, 1.54) is 23.9 Å². The lowest BCUT2D eigenvalue weighted by molar-refractivity contribution is -0.137. The van der Waals surface area contributed by atoms with Crippen LogP contribution in [-0.4, -0.2) is 20.3 Å². The predicted molar refractivity (Wildman–Crippen MR) is 102 cm³/mol. The molecule has 0 atom stereocenters. The molecule has 0 bridgehead atoms. The molecule has 4 rings (SSSR count). The fraction of sp³-hybridized carbons (Fsp3) is 0.100. The van der Waals surface area contributed by atoms with Gasteiger partial charge in [-0.05, 0) is 24.3 Å². The Hall–Kier alpha value is -3.20. The summed E-state index contributed by atoms with van der Waals surface area (Å²) in [6.07, 6.45) is -4.43. The van der Waals surface area contributed by atoms with Crippen LogP contribution in [0, 0.1) is 0 Å². The zero-order valence-electron chi connectivity index (χ0n) is 14.8. The van der Waals surface area contributed by atoms with E-state index in [2.05, 4.69) is 20.3 Å². The molecule has 2 heterocycles. The molecule has 0 spiro atoms. The second-order valence-electron chi connectivity index (χ2n) is 6.00. The van der Waals surface area contributed by atoms with Crippen molar-refractivity contribution in [1.82, 2.24) is 20.3 Å². The summed E-state index contributed by atoms with van der Waals surface area (Å²) in [6.45, 7) is 0. The van der Waals surface area contributed by atoms with Crippen LogP contribution in [-0.2, 0) is 11.9 Å². The summed E-state index contributed by atoms with van der Waals surface area (Å²) < 4.78 is 43.7. The molecule has 29 heavy (non-hydrogen) atoms. The van der Waals surface area contributed by atoms with Gasteiger partial charge < -0.3 is 4.52 Å². The SMILES string of the molecule is FC(F)(F)c1cccc(-c2noc(CSc3ccc(-c4ccccc4)nn3)n2)c1. The fourth-order valence-corrected chi connectivity index (χ4v) is 3.21. The van der Waals surface area contributed by atoms with Crippen molar-refractivity contribution in [1.29, 1.82) is 0 Å². The topological polar surface area (TPSA) is 64.7 Å². The molecular formula is C20H13F3N4OS. The lowest BCUT2D eigenvalue weighted by Crippen LogP contribution is -2.04. The van der Waals surface area contributed by atoms with E-state index in [-0.39, 0.29) is 17.3 Å². The van der Waals surface area contributed by atoms with Crippen LogP contribution in [0.5, 0.6) is 0 Å². The van der Waals surface area contributed by atoms with Crippen molar-refractivity contribution < 1.29 is 17.7 Å². The van der Waals surface area contributed by atoms with Gasteiger partial charge in [-0.25, -0.2) is 0 Å². The van der Waals surface area contributed by atoms with E-state index in [4.69, 9.17) is 4.52 Å². The molecule has 5 nitrogen and oxygen atoms in total. The lowest BCUT2D eigenvalue weighted by atomic mass is 10.1. The summed E-state index contributed by atoms with van der Waals surface area (Å²) in [5.74, 6) is 0.722.